The third kappa shape index (κ3) is 2.39. The van der Waals surface area contributed by atoms with Crippen LogP contribution < -0.4 is 10.9 Å². The highest BCUT2D eigenvalue weighted by Gasteiger charge is 2.32. The lowest BCUT2D eigenvalue weighted by atomic mass is 10.1. The lowest BCUT2D eigenvalue weighted by molar-refractivity contribution is 0.182. The van der Waals surface area contributed by atoms with E-state index in [1.807, 2.05) is 12.1 Å². The summed E-state index contributed by atoms with van der Waals surface area (Å²) in [5, 5.41) is 8.02. The van der Waals surface area contributed by atoms with E-state index in [-0.39, 0.29) is 17.6 Å². The van der Waals surface area contributed by atoms with Crippen LogP contribution in [0.5, 0.6) is 0 Å². The summed E-state index contributed by atoms with van der Waals surface area (Å²) in [5.41, 5.74) is 3.12. The molecular formula is C16H18N4O2. The molecule has 0 aromatic carbocycles. The van der Waals surface area contributed by atoms with E-state index in [0.29, 0.717) is 13.2 Å². The van der Waals surface area contributed by atoms with Gasteiger partial charge in [0.05, 0.1) is 24.9 Å². The summed E-state index contributed by atoms with van der Waals surface area (Å²) in [6.45, 7) is 1.08. The van der Waals surface area contributed by atoms with Gasteiger partial charge in [0.25, 0.3) is 5.56 Å². The smallest absolute Gasteiger partial charge is 0.267 e. The molecule has 2 aromatic heterocycles. The van der Waals surface area contributed by atoms with Crippen LogP contribution in [0.25, 0.3) is 0 Å². The van der Waals surface area contributed by atoms with Crippen molar-refractivity contribution < 1.29 is 4.74 Å². The molecule has 4 rings (SSSR count). The minimum absolute atomic E-state index is 0.0299. The number of pyridine rings is 1. The third-order valence-corrected chi connectivity index (χ3v) is 4.38. The average Bonchev–Trinajstić information content (AvgIpc) is 3.16. The molecule has 6 nitrogen and oxygen atoms in total. The lowest BCUT2D eigenvalue weighted by Gasteiger charge is -2.21. The number of aryl methyl sites for hydroxylation is 2. The number of aromatic nitrogens is 3. The molecule has 0 bridgehead atoms. The lowest BCUT2D eigenvalue weighted by Crippen LogP contribution is -2.37. The Morgan fingerprint density at radius 3 is 2.95 bits per heavy atom. The van der Waals surface area contributed by atoms with E-state index in [1.54, 1.807) is 23.1 Å². The second kappa shape index (κ2) is 5.53. The van der Waals surface area contributed by atoms with Gasteiger partial charge in [0, 0.05) is 24.1 Å². The van der Waals surface area contributed by atoms with E-state index in [0.717, 1.165) is 36.2 Å². The summed E-state index contributed by atoms with van der Waals surface area (Å²) in [4.78, 5) is 16.4. The van der Waals surface area contributed by atoms with Crippen molar-refractivity contribution in [3.63, 3.8) is 0 Å². The molecule has 0 saturated carbocycles. The first-order valence-electron chi connectivity index (χ1n) is 7.67. The van der Waals surface area contributed by atoms with Gasteiger partial charge in [0.15, 0.2) is 0 Å². The van der Waals surface area contributed by atoms with Crippen LogP contribution in [0.3, 0.4) is 0 Å². The maximum atomic E-state index is 12.4. The fourth-order valence-corrected chi connectivity index (χ4v) is 3.24. The van der Waals surface area contributed by atoms with Crippen molar-refractivity contribution in [2.45, 2.75) is 31.3 Å². The fraction of sp³-hybridized carbons (Fsp3) is 0.438. The molecule has 0 radical (unpaired) electrons. The highest BCUT2D eigenvalue weighted by atomic mass is 16.5. The minimum Gasteiger partial charge on any atom is -0.378 e. The highest BCUT2D eigenvalue weighted by molar-refractivity contribution is 5.42. The Morgan fingerprint density at radius 2 is 2.09 bits per heavy atom. The SMILES string of the molecule is O=c1cc2c(nn1C1COCC1Nc1ccncc1)CCC2. The first-order valence-corrected chi connectivity index (χ1v) is 7.67. The summed E-state index contributed by atoms with van der Waals surface area (Å²) in [6, 6.07) is 5.53. The summed E-state index contributed by atoms with van der Waals surface area (Å²) in [6.07, 6.45) is 6.51. The zero-order valence-electron chi connectivity index (χ0n) is 12.2. The van der Waals surface area contributed by atoms with E-state index in [1.165, 1.54) is 0 Å². The summed E-state index contributed by atoms with van der Waals surface area (Å²) in [5.74, 6) is 0. The molecule has 2 unspecified atom stereocenters. The van der Waals surface area contributed by atoms with Gasteiger partial charge in [-0.3, -0.25) is 9.78 Å². The number of anilines is 1. The number of nitrogens with one attached hydrogen (secondary N) is 1. The van der Waals surface area contributed by atoms with Crippen LogP contribution in [0.15, 0.2) is 35.4 Å². The quantitative estimate of drug-likeness (QED) is 0.921. The van der Waals surface area contributed by atoms with Crippen molar-refractivity contribution in [1.82, 2.24) is 14.8 Å². The van der Waals surface area contributed by atoms with E-state index >= 15 is 0 Å². The van der Waals surface area contributed by atoms with Gasteiger partial charge >= 0.3 is 0 Å². The summed E-state index contributed by atoms with van der Waals surface area (Å²) >= 11 is 0. The number of nitrogens with zero attached hydrogens (tertiary/aromatic N) is 3. The summed E-state index contributed by atoms with van der Waals surface area (Å²) < 4.78 is 7.20. The second-order valence-electron chi connectivity index (χ2n) is 5.84. The Morgan fingerprint density at radius 1 is 1.23 bits per heavy atom. The molecule has 1 saturated heterocycles. The van der Waals surface area contributed by atoms with Crippen molar-refractivity contribution in [3.8, 4) is 0 Å². The van der Waals surface area contributed by atoms with Crippen molar-refractivity contribution in [2.75, 3.05) is 18.5 Å². The van der Waals surface area contributed by atoms with Gasteiger partial charge in [-0.15, -0.1) is 0 Å². The van der Waals surface area contributed by atoms with Crippen LogP contribution in [0.2, 0.25) is 0 Å². The molecule has 0 amide bonds. The zero-order valence-corrected chi connectivity index (χ0v) is 12.2. The van der Waals surface area contributed by atoms with Crippen LogP contribution in [0.1, 0.15) is 23.7 Å². The van der Waals surface area contributed by atoms with Crippen LogP contribution in [0.4, 0.5) is 5.69 Å². The Kier molecular flexibility index (Phi) is 3.38. The molecule has 1 N–H and O–H groups in total. The monoisotopic (exact) mass is 298 g/mol. The van der Waals surface area contributed by atoms with E-state index < -0.39 is 0 Å². The molecule has 2 atom stereocenters. The molecule has 6 heteroatoms. The molecule has 22 heavy (non-hydrogen) atoms. The van der Waals surface area contributed by atoms with Crippen molar-refractivity contribution in [2.24, 2.45) is 0 Å². The molecule has 2 aliphatic rings. The molecule has 1 fully saturated rings. The topological polar surface area (TPSA) is 69.0 Å². The molecule has 0 spiro atoms. The van der Waals surface area contributed by atoms with Gasteiger partial charge in [-0.1, -0.05) is 0 Å². The standard InChI is InChI=1S/C16H18N4O2/c21-16-8-11-2-1-3-13(11)19-20(16)15-10-22-9-14(15)18-12-4-6-17-7-5-12/h4-8,14-15H,1-3,9-10H2,(H,17,18). The molecule has 1 aliphatic heterocycles. The average molecular weight is 298 g/mol. The minimum atomic E-state index is -0.0773. The van der Waals surface area contributed by atoms with Gasteiger partial charge in [-0.05, 0) is 37.0 Å². The van der Waals surface area contributed by atoms with E-state index in [9.17, 15) is 4.79 Å². The number of fused-ring (bicyclic) bond motifs is 1. The third-order valence-electron chi connectivity index (χ3n) is 4.38. The van der Waals surface area contributed by atoms with Crippen LogP contribution in [-0.2, 0) is 17.6 Å². The Hall–Kier alpha value is -2.21. The normalized spacial score (nSPS) is 23.5. The van der Waals surface area contributed by atoms with E-state index in [2.05, 4.69) is 15.4 Å². The maximum absolute atomic E-state index is 12.4. The van der Waals surface area contributed by atoms with Crippen molar-refractivity contribution >= 4 is 5.69 Å². The highest BCUT2D eigenvalue weighted by Crippen LogP contribution is 2.23. The van der Waals surface area contributed by atoms with Crippen molar-refractivity contribution in [3.05, 3.63) is 52.2 Å². The first-order chi connectivity index (χ1) is 10.8. The van der Waals surface area contributed by atoms with E-state index in [4.69, 9.17) is 4.74 Å². The number of hydrogen-bond acceptors (Lipinski definition) is 5. The Bertz CT molecular complexity index is 729. The molecular weight excluding hydrogens is 280 g/mol. The van der Waals surface area contributed by atoms with Gasteiger partial charge in [-0.2, -0.15) is 5.10 Å². The van der Waals surface area contributed by atoms with Gasteiger partial charge < -0.3 is 10.1 Å². The molecule has 114 valence electrons. The predicted molar refractivity (Wildman–Crippen MR) is 82.0 cm³/mol. The number of rotatable bonds is 3. The van der Waals surface area contributed by atoms with Gasteiger partial charge in [0.2, 0.25) is 0 Å². The molecule has 3 heterocycles. The van der Waals surface area contributed by atoms with Gasteiger partial charge in [-0.25, -0.2) is 4.68 Å². The number of ether oxygens (including phenoxy) is 1. The zero-order chi connectivity index (χ0) is 14.9. The molecule has 2 aromatic rings. The Balaban J connectivity index is 1.63. The Labute approximate surface area is 128 Å². The molecule has 1 aliphatic carbocycles. The van der Waals surface area contributed by atoms with Crippen LogP contribution >= 0.6 is 0 Å². The largest absolute Gasteiger partial charge is 0.378 e. The number of hydrogen-bond donors (Lipinski definition) is 1. The summed E-state index contributed by atoms with van der Waals surface area (Å²) in [7, 11) is 0. The van der Waals surface area contributed by atoms with Crippen molar-refractivity contribution in [1.29, 1.82) is 0 Å². The van der Waals surface area contributed by atoms with Gasteiger partial charge in [0.1, 0.15) is 6.04 Å². The second-order valence-corrected chi connectivity index (χ2v) is 5.84. The first kappa shape index (κ1) is 13.5. The van der Waals surface area contributed by atoms with Crippen LogP contribution in [-0.4, -0.2) is 34.0 Å². The fourth-order valence-electron chi connectivity index (χ4n) is 3.24. The predicted octanol–water partition coefficient (Wildman–Crippen LogP) is 1.18. The maximum Gasteiger partial charge on any atom is 0.267 e. The van der Waals surface area contributed by atoms with Crippen LogP contribution in [0, 0.1) is 0 Å².